The largest absolute Gasteiger partial charge is 0.492 e. The van der Waals surface area contributed by atoms with E-state index in [9.17, 15) is 4.79 Å². The first-order chi connectivity index (χ1) is 13.3. The average Bonchev–Trinajstić information content (AvgIpc) is 3.09. The SMILES string of the molecule is CCn1nnc2c(N3CC(C(=O)NCCOc4ccccc4)C3)ncnc21. The number of aromatic nitrogens is 5. The zero-order chi connectivity index (χ0) is 18.6. The van der Waals surface area contributed by atoms with Crippen molar-refractivity contribution in [1.82, 2.24) is 30.3 Å². The monoisotopic (exact) mass is 367 g/mol. The first-order valence-corrected chi connectivity index (χ1v) is 9.01. The van der Waals surface area contributed by atoms with Crippen LogP contribution in [0.3, 0.4) is 0 Å². The molecule has 0 saturated carbocycles. The third-order valence-corrected chi connectivity index (χ3v) is 4.55. The molecular formula is C18H21N7O2. The van der Waals surface area contributed by atoms with Crippen molar-refractivity contribution < 1.29 is 9.53 Å². The van der Waals surface area contributed by atoms with Crippen LogP contribution in [0.4, 0.5) is 5.82 Å². The summed E-state index contributed by atoms with van der Waals surface area (Å²) >= 11 is 0. The van der Waals surface area contributed by atoms with Gasteiger partial charge in [0.2, 0.25) is 5.91 Å². The van der Waals surface area contributed by atoms with Crippen LogP contribution < -0.4 is 15.0 Å². The van der Waals surface area contributed by atoms with Crippen LogP contribution in [0.25, 0.3) is 11.2 Å². The molecule has 1 aromatic carbocycles. The maximum Gasteiger partial charge on any atom is 0.226 e. The van der Waals surface area contributed by atoms with Gasteiger partial charge in [-0.25, -0.2) is 14.6 Å². The Hall–Kier alpha value is -3.23. The zero-order valence-electron chi connectivity index (χ0n) is 15.1. The van der Waals surface area contributed by atoms with Crippen molar-refractivity contribution in [2.24, 2.45) is 5.92 Å². The molecule has 0 atom stereocenters. The molecule has 3 aromatic rings. The molecule has 1 fully saturated rings. The number of ether oxygens (including phenoxy) is 1. The second kappa shape index (κ2) is 7.56. The molecule has 0 spiro atoms. The van der Waals surface area contributed by atoms with Crippen molar-refractivity contribution in [3.05, 3.63) is 36.7 Å². The number of benzene rings is 1. The Morgan fingerprint density at radius 1 is 1.26 bits per heavy atom. The number of carbonyl (C=O) groups is 1. The molecule has 2 aromatic heterocycles. The fourth-order valence-electron chi connectivity index (χ4n) is 3.05. The lowest BCUT2D eigenvalue weighted by atomic mass is 9.99. The average molecular weight is 367 g/mol. The lowest BCUT2D eigenvalue weighted by Crippen LogP contribution is -2.54. The van der Waals surface area contributed by atoms with Crippen LogP contribution in [0.1, 0.15) is 6.92 Å². The van der Waals surface area contributed by atoms with Gasteiger partial charge in [0, 0.05) is 19.6 Å². The van der Waals surface area contributed by atoms with E-state index >= 15 is 0 Å². The van der Waals surface area contributed by atoms with Crippen molar-refractivity contribution in [2.45, 2.75) is 13.5 Å². The molecule has 1 aliphatic heterocycles. The molecule has 9 nitrogen and oxygen atoms in total. The minimum Gasteiger partial charge on any atom is -0.492 e. The summed E-state index contributed by atoms with van der Waals surface area (Å²) in [5.41, 5.74) is 1.39. The predicted molar refractivity (Wildman–Crippen MR) is 99.4 cm³/mol. The van der Waals surface area contributed by atoms with Gasteiger partial charge in [-0.05, 0) is 19.1 Å². The van der Waals surface area contributed by atoms with Gasteiger partial charge in [-0.1, -0.05) is 23.4 Å². The van der Waals surface area contributed by atoms with Crippen LogP contribution in [-0.4, -0.2) is 57.1 Å². The molecular weight excluding hydrogens is 346 g/mol. The summed E-state index contributed by atoms with van der Waals surface area (Å²) in [6.45, 7) is 4.82. The highest BCUT2D eigenvalue weighted by molar-refractivity contribution is 5.86. The quantitative estimate of drug-likeness (QED) is 0.619. The topological polar surface area (TPSA) is 98.1 Å². The van der Waals surface area contributed by atoms with E-state index in [4.69, 9.17) is 4.74 Å². The fraction of sp³-hybridized carbons (Fsp3) is 0.389. The summed E-state index contributed by atoms with van der Waals surface area (Å²) in [7, 11) is 0. The van der Waals surface area contributed by atoms with Gasteiger partial charge < -0.3 is 15.0 Å². The van der Waals surface area contributed by atoms with Crippen LogP contribution in [0.2, 0.25) is 0 Å². The summed E-state index contributed by atoms with van der Waals surface area (Å²) in [5, 5.41) is 11.2. The number of rotatable bonds is 7. The van der Waals surface area contributed by atoms with Crippen molar-refractivity contribution in [3.8, 4) is 5.75 Å². The van der Waals surface area contributed by atoms with E-state index in [1.165, 1.54) is 6.33 Å². The van der Waals surface area contributed by atoms with Crippen LogP contribution >= 0.6 is 0 Å². The molecule has 1 N–H and O–H groups in total. The molecule has 0 bridgehead atoms. The van der Waals surface area contributed by atoms with Gasteiger partial charge in [0.25, 0.3) is 0 Å². The summed E-state index contributed by atoms with van der Waals surface area (Å²) < 4.78 is 7.31. The van der Waals surface area contributed by atoms with E-state index < -0.39 is 0 Å². The molecule has 3 heterocycles. The Morgan fingerprint density at radius 2 is 2.07 bits per heavy atom. The molecule has 0 radical (unpaired) electrons. The summed E-state index contributed by atoms with van der Waals surface area (Å²) in [4.78, 5) is 22.9. The van der Waals surface area contributed by atoms with E-state index in [0.717, 1.165) is 11.6 Å². The molecule has 4 rings (SSSR count). The standard InChI is InChI=1S/C18H21N7O2/c1-2-25-17-15(22-23-25)16(20-12-21-17)24-10-13(11-24)18(26)19-8-9-27-14-6-4-3-5-7-14/h3-7,12-13H,2,8-11H2,1H3,(H,19,26). The van der Waals surface area contributed by atoms with Gasteiger partial charge in [-0.15, -0.1) is 5.10 Å². The highest BCUT2D eigenvalue weighted by Crippen LogP contribution is 2.27. The highest BCUT2D eigenvalue weighted by atomic mass is 16.5. The maximum atomic E-state index is 12.3. The number of fused-ring (bicyclic) bond motifs is 1. The van der Waals surface area contributed by atoms with Gasteiger partial charge >= 0.3 is 0 Å². The second-order valence-corrected chi connectivity index (χ2v) is 6.33. The summed E-state index contributed by atoms with van der Waals surface area (Å²) in [6.07, 6.45) is 1.52. The van der Waals surface area contributed by atoms with Crippen LogP contribution in [0, 0.1) is 5.92 Å². The Bertz CT molecular complexity index is 922. The predicted octanol–water partition coefficient (Wildman–Crippen LogP) is 0.873. The number of hydrogen-bond donors (Lipinski definition) is 1. The lowest BCUT2D eigenvalue weighted by molar-refractivity contribution is -0.125. The Balaban J connectivity index is 1.27. The molecule has 1 saturated heterocycles. The van der Waals surface area contributed by atoms with Crippen LogP contribution in [-0.2, 0) is 11.3 Å². The van der Waals surface area contributed by atoms with Gasteiger partial charge in [0.05, 0.1) is 12.5 Å². The molecule has 27 heavy (non-hydrogen) atoms. The minimum absolute atomic E-state index is 0.0328. The normalized spacial score (nSPS) is 14.2. The third-order valence-electron chi connectivity index (χ3n) is 4.55. The van der Waals surface area contributed by atoms with Crippen LogP contribution in [0.5, 0.6) is 5.75 Å². The maximum absolute atomic E-state index is 12.3. The molecule has 1 aliphatic rings. The number of carbonyl (C=O) groups excluding carboxylic acids is 1. The van der Waals surface area contributed by atoms with Crippen molar-refractivity contribution >= 4 is 22.9 Å². The first kappa shape index (κ1) is 17.2. The Labute approximate surface area is 156 Å². The molecule has 0 unspecified atom stereocenters. The number of amides is 1. The van der Waals surface area contributed by atoms with Crippen molar-refractivity contribution in [2.75, 3.05) is 31.1 Å². The van der Waals surface area contributed by atoms with E-state index in [-0.39, 0.29) is 11.8 Å². The van der Waals surface area contributed by atoms with Crippen molar-refractivity contribution in [1.29, 1.82) is 0 Å². The summed E-state index contributed by atoms with van der Waals surface area (Å²) in [5.74, 6) is 1.50. The zero-order valence-corrected chi connectivity index (χ0v) is 15.1. The smallest absolute Gasteiger partial charge is 0.226 e. The highest BCUT2D eigenvalue weighted by Gasteiger charge is 2.34. The van der Waals surface area contributed by atoms with Crippen molar-refractivity contribution in [3.63, 3.8) is 0 Å². The van der Waals surface area contributed by atoms with E-state index in [0.29, 0.717) is 43.9 Å². The van der Waals surface area contributed by atoms with Gasteiger partial charge in [0.1, 0.15) is 18.7 Å². The molecule has 140 valence electrons. The second-order valence-electron chi connectivity index (χ2n) is 6.33. The van der Waals surface area contributed by atoms with E-state index in [1.807, 2.05) is 42.2 Å². The van der Waals surface area contributed by atoms with E-state index in [1.54, 1.807) is 4.68 Å². The first-order valence-electron chi connectivity index (χ1n) is 9.01. The number of anilines is 1. The number of para-hydroxylation sites is 1. The Morgan fingerprint density at radius 3 is 2.85 bits per heavy atom. The number of aryl methyl sites for hydroxylation is 1. The van der Waals surface area contributed by atoms with Gasteiger partial charge in [-0.2, -0.15) is 0 Å². The van der Waals surface area contributed by atoms with Gasteiger partial charge in [-0.3, -0.25) is 4.79 Å². The number of nitrogens with one attached hydrogen (secondary N) is 1. The number of hydrogen-bond acceptors (Lipinski definition) is 7. The third kappa shape index (κ3) is 3.53. The number of nitrogens with zero attached hydrogens (tertiary/aromatic N) is 6. The minimum atomic E-state index is -0.0621. The summed E-state index contributed by atoms with van der Waals surface area (Å²) in [6, 6.07) is 9.55. The van der Waals surface area contributed by atoms with E-state index in [2.05, 4.69) is 25.6 Å². The van der Waals surface area contributed by atoms with Gasteiger partial charge in [0.15, 0.2) is 17.0 Å². The lowest BCUT2D eigenvalue weighted by Gasteiger charge is -2.38. The fourth-order valence-corrected chi connectivity index (χ4v) is 3.05. The van der Waals surface area contributed by atoms with Crippen LogP contribution in [0.15, 0.2) is 36.7 Å². The molecule has 0 aliphatic carbocycles. The Kier molecular flexibility index (Phi) is 4.82. The molecule has 9 heteroatoms. The molecule has 1 amide bonds.